The molecular formula is C15H23NO3. The average molecular weight is 265 g/mol. The highest BCUT2D eigenvalue weighted by molar-refractivity contribution is 5.42. The molecule has 1 saturated heterocycles. The van der Waals surface area contributed by atoms with Gasteiger partial charge in [0.05, 0.1) is 13.2 Å². The highest BCUT2D eigenvalue weighted by Crippen LogP contribution is 2.32. The third kappa shape index (κ3) is 2.85. The van der Waals surface area contributed by atoms with Crippen molar-refractivity contribution in [2.24, 2.45) is 0 Å². The number of methoxy groups -OCH3 is 1. The largest absolute Gasteiger partial charge is 0.504 e. The van der Waals surface area contributed by atoms with Crippen molar-refractivity contribution in [3.63, 3.8) is 0 Å². The van der Waals surface area contributed by atoms with Crippen molar-refractivity contribution in [1.29, 1.82) is 0 Å². The van der Waals surface area contributed by atoms with Crippen LogP contribution in [0.15, 0.2) is 18.2 Å². The average Bonchev–Trinajstić information content (AvgIpc) is 2.84. The smallest absolute Gasteiger partial charge is 0.160 e. The minimum atomic E-state index is 0.179. The van der Waals surface area contributed by atoms with Crippen molar-refractivity contribution in [2.75, 3.05) is 20.8 Å². The summed E-state index contributed by atoms with van der Waals surface area (Å²) >= 11 is 0. The summed E-state index contributed by atoms with van der Waals surface area (Å²) in [7, 11) is 3.69. The molecule has 3 unspecified atom stereocenters. The molecule has 4 nitrogen and oxygen atoms in total. The summed E-state index contributed by atoms with van der Waals surface area (Å²) in [6.07, 6.45) is 1.34. The van der Waals surface area contributed by atoms with Gasteiger partial charge in [-0.15, -0.1) is 0 Å². The van der Waals surface area contributed by atoms with Crippen molar-refractivity contribution in [2.45, 2.75) is 38.5 Å². The summed E-state index contributed by atoms with van der Waals surface area (Å²) in [6.45, 7) is 5.12. The molecule has 0 saturated carbocycles. The van der Waals surface area contributed by atoms with Gasteiger partial charge in [0, 0.05) is 18.7 Å². The first-order valence-electron chi connectivity index (χ1n) is 6.75. The Balaban J connectivity index is 2.16. The molecule has 0 aliphatic carbocycles. The van der Waals surface area contributed by atoms with E-state index in [2.05, 4.69) is 25.8 Å². The van der Waals surface area contributed by atoms with Gasteiger partial charge in [-0.05, 0) is 45.0 Å². The van der Waals surface area contributed by atoms with Crippen LogP contribution in [-0.4, -0.2) is 42.9 Å². The second kappa shape index (κ2) is 5.80. The molecule has 2 rings (SSSR count). The predicted molar refractivity (Wildman–Crippen MR) is 74.7 cm³/mol. The number of hydrogen-bond acceptors (Lipinski definition) is 4. The van der Waals surface area contributed by atoms with Crippen molar-refractivity contribution < 1.29 is 14.6 Å². The van der Waals surface area contributed by atoms with Gasteiger partial charge in [0.15, 0.2) is 11.5 Å². The Morgan fingerprint density at radius 2 is 2.21 bits per heavy atom. The quantitative estimate of drug-likeness (QED) is 0.908. The molecule has 1 fully saturated rings. The fraction of sp³-hybridized carbons (Fsp3) is 0.600. The minimum absolute atomic E-state index is 0.179. The fourth-order valence-corrected chi connectivity index (χ4v) is 2.73. The van der Waals surface area contributed by atoms with Gasteiger partial charge >= 0.3 is 0 Å². The Hall–Kier alpha value is -1.26. The van der Waals surface area contributed by atoms with Gasteiger partial charge in [-0.3, -0.25) is 4.90 Å². The summed E-state index contributed by atoms with van der Waals surface area (Å²) in [4.78, 5) is 2.34. The van der Waals surface area contributed by atoms with E-state index in [0.717, 1.165) is 18.6 Å². The number of rotatable bonds is 4. The number of benzene rings is 1. The van der Waals surface area contributed by atoms with E-state index in [1.54, 1.807) is 13.2 Å². The van der Waals surface area contributed by atoms with Crippen LogP contribution in [0.5, 0.6) is 11.5 Å². The number of hydrogen-bond donors (Lipinski definition) is 1. The lowest BCUT2D eigenvalue weighted by molar-refractivity contribution is 0.0703. The minimum Gasteiger partial charge on any atom is -0.504 e. The van der Waals surface area contributed by atoms with Crippen LogP contribution < -0.4 is 4.74 Å². The molecule has 1 heterocycles. The molecule has 19 heavy (non-hydrogen) atoms. The normalized spacial score (nSPS) is 24.7. The van der Waals surface area contributed by atoms with Crippen LogP contribution in [0.4, 0.5) is 0 Å². The molecular weight excluding hydrogens is 242 g/mol. The molecule has 1 aromatic carbocycles. The van der Waals surface area contributed by atoms with Gasteiger partial charge in [0.25, 0.3) is 0 Å². The summed E-state index contributed by atoms with van der Waals surface area (Å²) in [5.74, 6) is 0.701. The molecule has 1 aromatic rings. The van der Waals surface area contributed by atoms with E-state index in [4.69, 9.17) is 9.47 Å². The van der Waals surface area contributed by atoms with E-state index in [1.165, 1.54) is 0 Å². The van der Waals surface area contributed by atoms with Crippen molar-refractivity contribution in [1.82, 2.24) is 4.90 Å². The standard InChI is InChI=1S/C15H23NO3/c1-10(16(3)13-7-8-19-11(13)2)12-5-6-14(17)15(9-12)18-4/h5-6,9-11,13,17H,7-8H2,1-4H3. The number of likely N-dealkylation sites (N-methyl/N-ethyl adjacent to an activating group) is 1. The van der Waals surface area contributed by atoms with Gasteiger partial charge in [-0.25, -0.2) is 0 Å². The Morgan fingerprint density at radius 1 is 1.47 bits per heavy atom. The second-order valence-corrected chi connectivity index (χ2v) is 5.20. The zero-order valence-corrected chi connectivity index (χ0v) is 12.1. The zero-order valence-electron chi connectivity index (χ0n) is 12.1. The maximum Gasteiger partial charge on any atom is 0.160 e. The van der Waals surface area contributed by atoms with Crippen LogP contribution in [0.1, 0.15) is 31.9 Å². The van der Waals surface area contributed by atoms with E-state index in [-0.39, 0.29) is 17.9 Å². The fourth-order valence-electron chi connectivity index (χ4n) is 2.73. The monoisotopic (exact) mass is 265 g/mol. The summed E-state index contributed by atoms with van der Waals surface area (Å²) in [5, 5.41) is 9.65. The van der Waals surface area contributed by atoms with Crippen LogP contribution in [0.3, 0.4) is 0 Å². The molecule has 1 N–H and O–H groups in total. The van der Waals surface area contributed by atoms with E-state index in [0.29, 0.717) is 11.8 Å². The van der Waals surface area contributed by atoms with Crippen LogP contribution in [0, 0.1) is 0 Å². The van der Waals surface area contributed by atoms with E-state index in [9.17, 15) is 5.11 Å². The van der Waals surface area contributed by atoms with Crippen molar-refractivity contribution >= 4 is 0 Å². The molecule has 3 atom stereocenters. The lowest BCUT2D eigenvalue weighted by Gasteiger charge is -2.32. The SMILES string of the molecule is COc1cc(C(C)N(C)C2CCOC2C)ccc1O. The predicted octanol–water partition coefficient (Wildman–Crippen LogP) is 2.57. The van der Waals surface area contributed by atoms with Crippen LogP contribution in [0.2, 0.25) is 0 Å². The molecule has 4 heteroatoms. The molecule has 0 amide bonds. The number of phenols is 1. The topological polar surface area (TPSA) is 41.9 Å². The Labute approximate surface area is 114 Å². The van der Waals surface area contributed by atoms with Crippen molar-refractivity contribution in [3.8, 4) is 11.5 Å². The lowest BCUT2D eigenvalue weighted by atomic mass is 10.0. The molecule has 106 valence electrons. The molecule has 0 radical (unpaired) electrons. The summed E-state index contributed by atoms with van der Waals surface area (Å²) < 4.78 is 10.8. The van der Waals surface area contributed by atoms with Crippen molar-refractivity contribution in [3.05, 3.63) is 23.8 Å². The van der Waals surface area contributed by atoms with Gasteiger partial charge in [0.2, 0.25) is 0 Å². The van der Waals surface area contributed by atoms with E-state index < -0.39 is 0 Å². The first-order chi connectivity index (χ1) is 9.04. The maximum absolute atomic E-state index is 9.65. The van der Waals surface area contributed by atoms with E-state index >= 15 is 0 Å². The summed E-state index contributed by atoms with van der Waals surface area (Å²) in [6, 6.07) is 6.22. The third-order valence-corrected chi connectivity index (χ3v) is 4.16. The molecule has 0 spiro atoms. The molecule has 1 aliphatic rings. The lowest BCUT2D eigenvalue weighted by Crippen LogP contribution is -2.38. The Bertz CT molecular complexity index is 435. The zero-order chi connectivity index (χ0) is 14.0. The van der Waals surface area contributed by atoms with Crippen LogP contribution in [-0.2, 0) is 4.74 Å². The first-order valence-corrected chi connectivity index (χ1v) is 6.75. The van der Waals surface area contributed by atoms with Gasteiger partial charge in [-0.2, -0.15) is 0 Å². The second-order valence-electron chi connectivity index (χ2n) is 5.20. The summed E-state index contributed by atoms with van der Waals surface area (Å²) in [5.41, 5.74) is 1.14. The van der Waals surface area contributed by atoms with Crippen LogP contribution >= 0.6 is 0 Å². The highest BCUT2D eigenvalue weighted by atomic mass is 16.5. The Morgan fingerprint density at radius 3 is 2.79 bits per heavy atom. The number of aromatic hydroxyl groups is 1. The highest BCUT2D eigenvalue weighted by Gasteiger charge is 2.30. The number of ether oxygens (including phenoxy) is 2. The Kier molecular flexibility index (Phi) is 4.32. The number of phenolic OH excluding ortho intramolecular Hbond substituents is 1. The van der Waals surface area contributed by atoms with Gasteiger partial charge < -0.3 is 14.6 Å². The molecule has 0 bridgehead atoms. The first kappa shape index (κ1) is 14.2. The molecule has 1 aliphatic heterocycles. The third-order valence-electron chi connectivity index (χ3n) is 4.16. The van der Waals surface area contributed by atoms with Gasteiger partial charge in [0.1, 0.15) is 0 Å². The van der Waals surface area contributed by atoms with Crippen LogP contribution in [0.25, 0.3) is 0 Å². The van der Waals surface area contributed by atoms with E-state index in [1.807, 2.05) is 12.1 Å². The van der Waals surface area contributed by atoms with Gasteiger partial charge in [-0.1, -0.05) is 6.07 Å². The molecule has 0 aromatic heterocycles. The maximum atomic E-state index is 9.65. The number of nitrogens with zero attached hydrogens (tertiary/aromatic N) is 1.